The number of methoxy groups -OCH3 is 1. The Labute approximate surface area is 203 Å². The quantitative estimate of drug-likeness (QED) is 0.606. The van der Waals surface area contributed by atoms with Gasteiger partial charge in [0.05, 0.1) is 19.8 Å². The molecule has 35 heavy (non-hydrogen) atoms. The van der Waals surface area contributed by atoms with Crippen LogP contribution in [0, 0.1) is 5.92 Å². The van der Waals surface area contributed by atoms with Crippen molar-refractivity contribution in [2.75, 3.05) is 33.4 Å². The fourth-order valence-corrected chi connectivity index (χ4v) is 6.01. The number of ether oxygens (including phenoxy) is 1. The number of carbonyl (C=O) groups is 2. The third-order valence-electron chi connectivity index (χ3n) is 8.02. The van der Waals surface area contributed by atoms with Gasteiger partial charge < -0.3 is 24.6 Å². The number of nitrogens with one attached hydrogen (secondary N) is 1. The smallest absolute Gasteiger partial charge is 0.273 e. The summed E-state index contributed by atoms with van der Waals surface area (Å²) in [5, 5.41) is 11.6. The van der Waals surface area contributed by atoms with Crippen LogP contribution in [0.2, 0.25) is 0 Å². The van der Waals surface area contributed by atoms with E-state index in [0.717, 1.165) is 53.6 Å². The van der Waals surface area contributed by atoms with Gasteiger partial charge in [0.25, 0.3) is 5.91 Å². The molecule has 8 nitrogen and oxygen atoms in total. The van der Waals surface area contributed by atoms with Crippen molar-refractivity contribution in [2.24, 2.45) is 5.92 Å². The maximum Gasteiger partial charge on any atom is 0.273 e. The zero-order chi connectivity index (χ0) is 24.2. The number of nitrogens with zero attached hydrogens (tertiary/aromatic N) is 3. The second kappa shape index (κ2) is 8.37. The largest absolute Gasteiger partial charge is 0.497 e. The van der Waals surface area contributed by atoms with Crippen LogP contribution < -0.4 is 4.74 Å². The lowest BCUT2D eigenvalue weighted by Crippen LogP contribution is -2.56. The minimum Gasteiger partial charge on any atom is -0.497 e. The first-order chi connectivity index (χ1) is 17.0. The molecule has 182 valence electrons. The van der Waals surface area contributed by atoms with E-state index in [0.29, 0.717) is 25.3 Å². The van der Waals surface area contributed by atoms with Gasteiger partial charge in [-0.05, 0) is 55.5 Å². The van der Waals surface area contributed by atoms with E-state index in [1.165, 1.54) is 0 Å². The van der Waals surface area contributed by atoms with Gasteiger partial charge in [0, 0.05) is 59.8 Å². The standard InChI is InChI=1S/C27H30N4O4/c1-35-18-7-8-19-21(14-18)29-24-22(15-32)31(26(34)20-4-2-3-11-28-20)16-27(23(19)24)9-12-30(13-10-27)25(33)17-5-6-17/h2-4,7-8,11,14,17,22,29,32H,5-6,9-10,12-13,15-16H2,1H3/t22-/m0/s1. The van der Waals surface area contributed by atoms with Crippen molar-refractivity contribution in [1.82, 2.24) is 19.8 Å². The third kappa shape index (κ3) is 3.58. The maximum atomic E-state index is 13.6. The minimum absolute atomic E-state index is 0.192. The number of H-pyrrole nitrogens is 1. The first-order valence-corrected chi connectivity index (χ1v) is 12.4. The van der Waals surface area contributed by atoms with Crippen LogP contribution in [-0.4, -0.2) is 70.0 Å². The van der Waals surface area contributed by atoms with Crippen LogP contribution in [0.25, 0.3) is 10.9 Å². The van der Waals surface area contributed by atoms with Crippen molar-refractivity contribution in [3.63, 3.8) is 0 Å². The number of carbonyl (C=O) groups excluding carboxylic acids is 2. The van der Waals surface area contributed by atoms with E-state index in [2.05, 4.69) is 16.0 Å². The van der Waals surface area contributed by atoms with E-state index < -0.39 is 6.04 Å². The van der Waals surface area contributed by atoms with E-state index in [1.54, 1.807) is 36.4 Å². The van der Waals surface area contributed by atoms with Crippen LogP contribution in [0.15, 0.2) is 42.6 Å². The number of likely N-dealkylation sites (tertiary alicyclic amines) is 1. The zero-order valence-electron chi connectivity index (χ0n) is 19.9. The number of aromatic nitrogens is 2. The van der Waals surface area contributed by atoms with Crippen LogP contribution in [0.4, 0.5) is 0 Å². The molecule has 2 amide bonds. The molecular formula is C27H30N4O4. The molecule has 3 aromatic rings. The highest BCUT2D eigenvalue weighted by Gasteiger charge is 2.50. The van der Waals surface area contributed by atoms with E-state index >= 15 is 0 Å². The van der Waals surface area contributed by atoms with Gasteiger partial charge in [0.15, 0.2) is 0 Å². The monoisotopic (exact) mass is 474 g/mol. The Bertz CT molecular complexity index is 1280. The molecule has 1 saturated heterocycles. The predicted octanol–water partition coefficient (Wildman–Crippen LogP) is 3.03. The van der Waals surface area contributed by atoms with Crippen molar-refractivity contribution in [3.8, 4) is 5.75 Å². The van der Waals surface area contributed by atoms with Gasteiger partial charge in [0.1, 0.15) is 11.4 Å². The molecule has 2 aromatic heterocycles. The highest BCUT2D eigenvalue weighted by Crippen LogP contribution is 2.49. The summed E-state index contributed by atoms with van der Waals surface area (Å²) in [6.07, 6.45) is 5.14. The second-order valence-corrected chi connectivity index (χ2v) is 10.1. The molecule has 6 rings (SSSR count). The van der Waals surface area contributed by atoms with Crippen LogP contribution in [0.3, 0.4) is 0 Å². The Morgan fingerprint density at radius 1 is 1.20 bits per heavy atom. The molecule has 0 radical (unpaired) electrons. The molecular weight excluding hydrogens is 444 g/mol. The molecule has 3 aliphatic rings. The fraction of sp³-hybridized carbons (Fsp3) is 0.444. The fourth-order valence-electron chi connectivity index (χ4n) is 6.01. The molecule has 8 heteroatoms. The average molecular weight is 475 g/mol. The predicted molar refractivity (Wildman–Crippen MR) is 130 cm³/mol. The van der Waals surface area contributed by atoms with Crippen LogP contribution in [0.1, 0.15) is 53.5 Å². The molecule has 1 saturated carbocycles. The third-order valence-corrected chi connectivity index (χ3v) is 8.02. The summed E-state index contributed by atoms with van der Waals surface area (Å²) < 4.78 is 5.44. The van der Waals surface area contributed by atoms with Crippen molar-refractivity contribution >= 4 is 22.7 Å². The summed E-state index contributed by atoms with van der Waals surface area (Å²) in [6, 6.07) is 10.8. The number of benzene rings is 1. The summed E-state index contributed by atoms with van der Waals surface area (Å²) >= 11 is 0. The van der Waals surface area contributed by atoms with Crippen LogP contribution >= 0.6 is 0 Å². The summed E-state index contributed by atoms with van der Waals surface area (Å²) in [4.78, 5) is 38.0. The number of aromatic amines is 1. The molecule has 2 fully saturated rings. The summed E-state index contributed by atoms with van der Waals surface area (Å²) in [5.41, 5.74) is 3.00. The van der Waals surface area contributed by atoms with Gasteiger partial charge in [-0.25, -0.2) is 0 Å². The highest BCUT2D eigenvalue weighted by atomic mass is 16.5. The normalized spacial score (nSPS) is 21.3. The summed E-state index contributed by atoms with van der Waals surface area (Å²) in [6.45, 7) is 1.63. The lowest BCUT2D eigenvalue weighted by Gasteiger charge is -2.50. The van der Waals surface area contributed by atoms with Gasteiger partial charge in [-0.15, -0.1) is 0 Å². The molecule has 2 N–H and O–H groups in total. The topological polar surface area (TPSA) is 98.8 Å². The van der Waals surface area contributed by atoms with Gasteiger partial charge >= 0.3 is 0 Å². The van der Waals surface area contributed by atoms with Crippen molar-refractivity contribution in [2.45, 2.75) is 37.1 Å². The van der Waals surface area contributed by atoms with E-state index in [4.69, 9.17) is 4.74 Å². The molecule has 1 spiro atoms. The molecule has 2 aliphatic heterocycles. The van der Waals surface area contributed by atoms with Gasteiger partial charge in [0.2, 0.25) is 5.91 Å². The van der Waals surface area contributed by atoms with Crippen LogP contribution in [0.5, 0.6) is 5.75 Å². The second-order valence-electron chi connectivity index (χ2n) is 10.1. The Hall–Kier alpha value is -3.39. The van der Waals surface area contributed by atoms with Gasteiger partial charge in [-0.2, -0.15) is 0 Å². The van der Waals surface area contributed by atoms with Crippen molar-refractivity contribution in [1.29, 1.82) is 0 Å². The molecule has 1 atom stereocenters. The number of rotatable bonds is 4. The highest BCUT2D eigenvalue weighted by molar-refractivity contribution is 5.94. The van der Waals surface area contributed by atoms with Crippen molar-refractivity contribution < 1.29 is 19.4 Å². The number of amides is 2. The lowest BCUT2D eigenvalue weighted by molar-refractivity contribution is -0.134. The maximum absolute atomic E-state index is 13.6. The molecule has 0 bridgehead atoms. The molecule has 4 heterocycles. The van der Waals surface area contributed by atoms with Gasteiger partial charge in [-0.1, -0.05) is 6.07 Å². The first-order valence-electron chi connectivity index (χ1n) is 12.4. The number of aliphatic hydroxyl groups is 1. The Morgan fingerprint density at radius 3 is 2.66 bits per heavy atom. The minimum atomic E-state index is -0.505. The van der Waals surface area contributed by atoms with E-state index in [9.17, 15) is 14.7 Å². The zero-order valence-corrected chi connectivity index (χ0v) is 19.9. The SMILES string of the molecule is COc1ccc2c3c([nH]c2c1)[C@H](CO)N(C(=O)c1ccccn1)CC31CCN(C(=O)C2CC2)CC1. The molecule has 1 aromatic carbocycles. The average Bonchev–Trinajstić information content (AvgIpc) is 3.68. The number of fused-ring (bicyclic) bond motifs is 4. The summed E-state index contributed by atoms with van der Waals surface area (Å²) in [5.74, 6) is 1.03. The number of hydrogen-bond donors (Lipinski definition) is 2. The molecule has 1 aliphatic carbocycles. The summed E-state index contributed by atoms with van der Waals surface area (Å²) in [7, 11) is 1.64. The van der Waals surface area contributed by atoms with Crippen molar-refractivity contribution in [3.05, 3.63) is 59.5 Å². The number of piperidine rings is 1. The van der Waals surface area contributed by atoms with Gasteiger partial charge in [-0.3, -0.25) is 14.6 Å². The van der Waals surface area contributed by atoms with Crippen LogP contribution in [-0.2, 0) is 10.2 Å². The number of hydrogen-bond acceptors (Lipinski definition) is 5. The lowest BCUT2D eigenvalue weighted by atomic mass is 9.68. The Kier molecular flexibility index (Phi) is 5.29. The number of aliphatic hydroxyl groups excluding tert-OH is 1. The Morgan fingerprint density at radius 2 is 2.00 bits per heavy atom. The van der Waals surface area contributed by atoms with E-state index in [1.807, 2.05) is 17.0 Å². The first kappa shape index (κ1) is 22.1. The Balaban J connectivity index is 1.45. The van der Waals surface area contributed by atoms with E-state index in [-0.39, 0.29) is 29.8 Å². The number of pyridine rings is 1. The molecule has 0 unspecified atom stereocenters.